The molecular formula is C34H38FN7O5. The zero-order chi connectivity index (χ0) is 32.9. The van der Waals surface area contributed by atoms with Crippen molar-refractivity contribution in [3.05, 3.63) is 73.5 Å². The van der Waals surface area contributed by atoms with E-state index in [-0.39, 0.29) is 29.8 Å². The van der Waals surface area contributed by atoms with Gasteiger partial charge in [-0.05, 0) is 43.2 Å². The lowest BCUT2D eigenvalue weighted by Crippen LogP contribution is -2.41. The van der Waals surface area contributed by atoms with Gasteiger partial charge in [-0.25, -0.2) is 19.3 Å². The SMILES string of the molecule is C=CC(=O)N1CCC(Nc2cc3c(Nc4ccc(Oc5ccnc(N6C[C@H](OC)[C@H](OC)C6)c5)cc4F)ncnc3cc2OC)CC1. The average molecular weight is 644 g/mol. The van der Waals surface area contributed by atoms with Crippen molar-refractivity contribution in [2.75, 3.05) is 63.0 Å². The molecule has 0 radical (unpaired) electrons. The quantitative estimate of drug-likeness (QED) is 0.211. The van der Waals surface area contributed by atoms with E-state index in [4.69, 9.17) is 18.9 Å². The van der Waals surface area contributed by atoms with Gasteiger partial charge < -0.3 is 39.4 Å². The van der Waals surface area contributed by atoms with Gasteiger partial charge in [0.05, 0.1) is 24.0 Å². The summed E-state index contributed by atoms with van der Waals surface area (Å²) < 4.78 is 38.2. The molecule has 2 fully saturated rings. The third-order valence-electron chi connectivity index (χ3n) is 8.59. The fourth-order valence-corrected chi connectivity index (χ4v) is 6.00. The first kappa shape index (κ1) is 32.0. The normalized spacial score (nSPS) is 18.3. The molecule has 4 heterocycles. The van der Waals surface area contributed by atoms with Crippen LogP contribution in [0, 0.1) is 5.82 Å². The van der Waals surface area contributed by atoms with E-state index in [2.05, 4.69) is 37.1 Å². The minimum Gasteiger partial charge on any atom is -0.495 e. The van der Waals surface area contributed by atoms with Crippen molar-refractivity contribution in [1.29, 1.82) is 0 Å². The highest BCUT2D eigenvalue weighted by Crippen LogP contribution is 2.35. The van der Waals surface area contributed by atoms with Gasteiger partial charge in [0.2, 0.25) is 5.91 Å². The van der Waals surface area contributed by atoms with E-state index in [9.17, 15) is 4.79 Å². The number of nitrogens with zero attached hydrogens (tertiary/aromatic N) is 5. The largest absolute Gasteiger partial charge is 0.495 e. The van der Waals surface area contributed by atoms with Crippen LogP contribution in [0.3, 0.4) is 0 Å². The molecule has 2 atom stereocenters. The second-order valence-electron chi connectivity index (χ2n) is 11.4. The van der Waals surface area contributed by atoms with E-state index in [1.165, 1.54) is 18.5 Å². The van der Waals surface area contributed by atoms with Crippen molar-refractivity contribution in [1.82, 2.24) is 19.9 Å². The molecular weight excluding hydrogens is 605 g/mol. The Labute approximate surface area is 272 Å². The Morgan fingerprint density at radius 1 is 0.957 bits per heavy atom. The van der Waals surface area contributed by atoms with Crippen LogP contribution in [-0.2, 0) is 14.3 Å². The van der Waals surface area contributed by atoms with Crippen LogP contribution in [0.1, 0.15) is 12.8 Å². The Morgan fingerprint density at radius 2 is 1.70 bits per heavy atom. The minimum absolute atomic E-state index is 0.0579. The van der Waals surface area contributed by atoms with Crippen LogP contribution in [0.4, 0.5) is 27.4 Å². The second-order valence-corrected chi connectivity index (χ2v) is 11.4. The molecule has 2 aromatic carbocycles. The van der Waals surface area contributed by atoms with E-state index < -0.39 is 5.82 Å². The summed E-state index contributed by atoms with van der Waals surface area (Å²) >= 11 is 0. The smallest absolute Gasteiger partial charge is 0.245 e. The number of ether oxygens (including phenoxy) is 4. The van der Waals surface area contributed by atoms with Gasteiger partial charge in [0.1, 0.15) is 53.2 Å². The number of hydrogen-bond acceptors (Lipinski definition) is 11. The molecule has 2 aliphatic heterocycles. The van der Waals surface area contributed by atoms with Crippen LogP contribution < -0.4 is 25.0 Å². The van der Waals surface area contributed by atoms with Gasteiger partial charge in [0, 0.05) is 76.2 Å². The van der Waals surface area contributed by atoms with Crippen LogP contribution in [0.15, 0.2) is 67.6 Å². The molecule has 6 rings (SSSR count). The number of benzene rings is 2. The Morgan fingerprint density at radius 3 is 2.38 bits per heavy atom. The second kappa shape index (κ2) is 14.2. The van der Waals surface area contributed by atoms with Crippen LogP contribution in [-0.4, -0.2) is 91.5 Å². The maximum absolute atomic E-state index is 15.4. The number of amides is 1. The summed E-state index contributed by atoms with van der Waals surface area (Å²) in [6.07, 6.45) is 5.86. The summed E-state index contributed by atoms with van der Waals surface area (Å²) in [7, 11) is 4.94. The fraction of sp³-hybridized carbons (Fsp3) is 0.353. The van der Waals surface area contributed by atoms with Crippen molar-refractivity contribution in [2.24, 2.45) is 0 Å². The molecule has 0 aliphatic carbocycles. The number of halogens is 1. The van der Waals surface area contributed by atoms with E-state index in [0.29, 0.717) is 60.1 Å². The maximum atomic E-state index is 15.4. The third kappa shape index (κ3) is 7.05. The first-order valence-electron chi connectivity index (χ1n) is 15.4. The molecule has 2 N–H and O–H groups in total. The van der Waals surface area contributed by atoms with Gasteiger partial charge >= 0.3 is 0 Å². The highest BCUT2D eigenvalue weighted by molar-refractivity contribution is 5.95. The predicted octanol–water partition coefficient (Wildman–Crippen LogP) is 5.15. The Kier molecular flexibility index (Phi) is 9.64. The molecule has 2 aliphatic rings. The average Bonchev–Trinajstić information content (AvgIpc) is 3.53. The molecule has 2 aromatic heterocycles. The van der Waals surface area contributed by atoms with E-state index in [0.717, 1.165) is 24.3 Å². The first-order valence-corrected chi connectivity index (χ1v) is 15.4. The fourth-order valence-electron chi connectivity index (χ4n) is 6.00. The van der Waals surface area contributed by atoms with Gasteiger partial charge in [0.25, 0.3) is 0 Å². The maximum Gasteiger partial charge on any atom is 0.245 e. The number of aromatic nitrogens is 3. The molecule has 0 saturated carbocycles. The zero-order valence-electron chi connectivity index (χ0n) is 26.6. The Balaban J connectivity index is 1.17. The van der Waals surface area contributed by atoms with E-state index in [1.54, 1.807) is 50.6 Å². The molecule has 246 valence electrons. The third-order valence-corrected chi connectivity index (χ3v) is 8.59. The number of anilines is 4. The molecule has 47 heavy (non-hydrogen) atoms. The monoisotopic (exact) mass is 643 g/mol. The molecule has 0 spiro atoms. The summed E-state index contributed by atoms with van der Waals surface area (Å²) in [6.45, 7) is 6.13. The number of piperidine rings is 1. The Hall–Kier alpha value is -5.01. The van der Waals surface area contributed by atoms with Crippen molar-refractivity contribution >= 4 is 39.8 Å². The highest BCUT2D eigenvalue weighted by Gasteiger charge is 2.33. The lowest BCUT2D eigenvalue weighted by Gasteiger charge is -2.32. The van der Waals surface area contributed by atoms with Gasteiger partial charge in [-0.2, -0.15) is 0 Å². The number of fused-ring (bicyclic) bond motifs is 1. The molecule has 12 nitrogen and oxygen atoms in total. The van der Waals surface area contributed by atoms with Crippen LogP contribution in [0.25, 0.3) is 10.9 Å². The molecule has 4 aromatic rings. The van der Waals surface area contributed by atoms with Gasteiger partial charge in [0.15, 0.2) is 0 Å². The number of methoxy groups -OCH3 is 3. The lowest BCUT2D eigenvalue weighted by atomic mass is 10.0. The summed E-state index contributed by atoms with van der Waals surface area (Å²) in [5.41, 5.74) is 1.62. The van der Waals surface area contributed by atoms with Crippen molar-refractivity contribution in [3.8, 4) is 17.2 Å². The molecule has 2 saturated heterocycles. The predicted molar refractivity (Wildman–Crippen MR) is 177 cm³/mol. The molecule has 0 bridgehead atoms. The highest BCUT2D eigenvalue weighted by atomic mass is 19.1. The number of carbonyl (C=O) groups excluding carboxylic acids is 1. The van der Waals surface area contributed by atoms with Gasteiger partial charge in [-0.1, -0.05) is 6.58 Å². The van der Waals surface area contributed by atoms with E-state index in [1.807, 2.05) is 18.2 Å². The van der Waals surface area contributed by atoms with E-state index >= 15 is 4.39 Å². The lowest BCUT2D eigenvalue weighted by molar-refractivity contribution is -0.126. The van der Waals surface area contributed by atoms with Crippen LogP contribution >= 0.6 is 0 Å². The summed E-state index contributed by atoms with van der Waals surface area (Å²) in [4.78, 5) is 29.1. The van der Waals surface area contributed by atoms with Crippen molar-refractivity contribution in [3.63, 3.8) is 0 Å². The van der Waals surface area contributed by atoms with Gasteiger partial charge in [-0.3, -0.25) is 4.79 Å². The van der Waals surface area contributed by atoms with Crippen molar-refractivity contribution in [2.45, 2.75) is 31.1 Å². The number of rotatable bonds is 11. The number of hydrogen-bond donors (Lipinski definition) is 2. The summed E-state index contributed by atoms with van der Waals surface area (Å²) in [5, 5.41) is 7.36. The Bertz CT molecular complexity index is 1740. The standard InChI is InChI=1S/C34H38FN7O5/c1-5-33(43)41-12-9-21(10-13-41)39-28-16-24-27(17-29(28)44-2)37-20-38-34(24)40-26-7-6-22(14-25(26)35)47-23-8-11-36-32(15-23)42-18-30(45-3)31(19-42)46-4/h5-8,11,14-17,20-21,30-31,39H,1,9-10,12-13,18-19H2,2-4H3,(H,37,38,40)/t30-,31+. The molecule has 13 heteroatoms. The number of pyridine rings is 1. The minimum atomic E-state index is -0.512. The number of likely N-dealkylation sites (tertiary alicyclic amines) is 1. The van der Waals surface area contributed by atoms with Crippen LogP contribution in [0.5, 0.6) is 17.2 Å². The number of carbonyl (C=O) groups is 1. The van der Waals surface area contributed by atoms with Crippen LogP contribution in [0.2, 0.25) is 0 Å². The molecule has 0 unspecified atom stereocenters. The first-order chi connectivity index (χ1) is 22.9. The van der Waals surface area contributed by atoms with Crippen molar-refractivity contribution < 1.29 is 28.1 Å². The number of nitrogens with one attached hydrogen (secondary N) is 2. The topological polar surface area (TPSA) is 123 Å². The zero-order valence-corrected chi connectivity index (χ0v) is 26.6. The summed E-state index contributed by atoms with van der Waals surface area (Å²) in [6, 6.07) is 12.0. The summed E-state index contributed by atoms with van der Waals surface area (Å²) in [5.74, 6) is 2.07. The molecule has 1 amide bonds. The van der Waals surface area contributed by atoms with Gasteiger partial charge in [-0.15, -0.1) is 0 Å².